The van der Waals surface area contributed by atoms with Crippen molar-refractivity contribution in [2.75, 3.05) is 14.2 Å². The molecule has 5 aromatic rings. The van der Waals surface area contributed by atoms with Crippen molar-refractivity contribution in [1.82, 2.24) is 15.0 Å². The number of carbonyl (C=O) groups excluding carboxylic acids is 2. The molecule has 9 nitrogen and oxygen atoms in total. The van der Waals surface area contributed by atoms with Crippen LogP contribution in [0.2, 0.25) is 0 Å². The molecule has 0 aliphatic heterocycles. The average Bonchev–Trinajstić information content (AvgIpc) is 3.00. The van der Waals surface area contributed by atoms with Gasteiger partial charge in [0.15, 0.2) is 0 Å². The zero-order chi connectivity index (χ0) is 28.2. The minimum Gasteiger partial charge on any atom is -0.507 e. The highest BCUT2D eigenvalue weighted by Gasteiger charge is 2.24. The lowest BCUT2D eigenvalue weighted by Gasteiger charge is -2.15. The van der Waals surface area contributed by atoms with Gasteiger partial charge in [-0.25, -0.2) is 14.6 Å². The first-order valence-corrected chi connectivity index (χ1v) is 12.1. The standard InChI is InChI=1S/C31H23N3O6/c1-39-30(37)28-20(14-18(16-26(28)35)22-8-3-5-12-32-22)24-10-7-11-25(34-24)21-15-19(23-9-4-6-13-33-23)17-27(36)29(21)31(38)40-2/h3-17,35-36H,1-2H3. The van der Waals surface area contributed by atoms with Crippen molar-refractivity contribution >= 4 is 11.9 Å². The molecule has 0 saturated carbocycles. The van der Waals surface area contributed by atoms with Gasteiger partial charge in [-0.05, 0) is 60.7 Å². The third-order valence-electron chi connectivity index (χ3n) is 6.24. The molecule has 9 heteroatoms. The van der Waals surface area contributed by atoms with Gasteiger partial charge >= 0.3 is 11.9 Å². The molecule has 0 amide bonds. The summed E-state index contributed by atoms with van der Waals surface area (Å²) in [6.45, 7) is 0. The number of benzene rings is 2. The van der Waals surface area contributed by atoms with Gasteiger partial charge in [0.2, 0.25) is 0 Å². The summed E-state index contributed by atoms with van der Waals surface area (Å²) in [5.41, 5.74) is 3.30. The summed E-state index contributed by atoms with van der Waals surface area (Å²) in [5.74, 6) is -2.11. The summed E-state index contributed by atoms with van der Waals surface area (Å²) < 4.78 is 9.88. The number of hydrogen-bond acceptors (Lipinski definition) is 9. The second-order valence-electron chi connectivity index (χ2n) is 8.66. The number of carbonyl (C=O) groups is 2. The number of aromatic hydroxyl groups is 2. The molecule has 0 atom stereocenters. The van der Waals surface area contributed by atoms with E-state index in [2.05, 4.69) is 9.97 Å². The van der Waals surface area contributed by atoms with E-state index in [1.165, 1.54) is 26.4 Å². The van der Waals surface area contributed by atoms with Crippen LogP contribution in [0.1, 0.15) is 20.7 Å². The van der Waals surface area contributed by atoms with Gasteiger partial charge in [0.1, 0.15) is 22.6 Å². The Bertz CT molecular complexity index is 1600. The summed E-state index contributed by atoms with van der Waals surface area (Å²) >= 11 is 0. The summed E-state index contributed by atoms with van der Waals surface area (Å²) in [6, 6.07) is 21.9. The lowest BCUT2D eigenvalue weighted by atomic mass is 9.95. The highest BCUT2D eigenvalue weighted by atomic mass is 16.5. The minimum absolute atomic E-state index is 0.0786. The lowest BCUT2D eigenvalue weighted by Crippen LogP contribution is -2.07. The average molecular weight is 534 g/mol. The molecular weight excluding hydrogens is 510 g/mol. The normalized spacial score (nSPS) is 10.7. The van der Waals surface area contributed by atoms with E-state index in [9.17, 15) is 19.8 Å². The van der Waals surface area contributed by atoms with Crippen LogP contribution in [0, 0.1) is 0 Å². The molecule has 3 heterocycles. The van der Waals surface area contributed by atoms with Crippen LogP contribution in [0.5, 0.6) is 11.5 Å². The van der Waals surface area contributed by atoms with Crippen LogP contribution in [0.4, 0.5) is 0 Å². The van der Waals surface area contributed by atoms with Gasteiger partial charge < -0.3 is 19.7 Å². The number of methoxy groups -OCH3 is 2. The maximum absolute atomic E-state index is 12.7. The molecule has 40 heavy (non-hydrogen) atoms. The number of pyridine rings is 3. The third-order valence-corrected chi connectivity index (χ3v) is 6.24. The summed E-state index contributed by atoms with van der Waals surface area (Å²) in [4.78, 5) is 38.9. The predicted molar refractivity (Wildman–Crippen MR) is 148 cm³/mol. The summed E-state index contributed by atoms with van der Waals surface area (Å²) in [7, 11) is 2.44. The van der Waals surface area contributed by atoms with Crippen LogP contribution < -0.4 is 0 Å². The minimum atomic E-state index is -0.752. The third kappa shape index (κ3) is 4.95. The number of aromatic nitrogens is 3. The van der Waals surface area contributed by atoms with Crippen molar-refractivity contribution in [3.05, 3.63) is 102 Å². The van der Waals surface area contributed by atoms with Gasteiger partial charge in [0.05, 0.1) is 37.0 Å². The molecular formula is C31H23N3O6. The molecule has 0 spiro atoms. The van der Waals surface area contributed by atoms with Crippen LogP contribution in [0.25, 0.3) is 45.0 Å². The van der Waals surface area contributed by atoms with Crippen molar-refractivity contribution < 1.29 is 29.3 Å². The molecule has 0 radical (unpaired) electrons. The van der Waals surface area contributed by atoms with Crippen LogP contribution in [0.15, 0.2) is 91.3 Å². The highest BCUT2D eigenvalue weighted by molar-refractivity contribution is 6.02. The molecule has 198 valence electrons. The van der Waals surface area contributed by atoms with Crippen molar-refractivity contribution in [1.29, 1.82) is 0 Å². The van der Waals surface area contributed by atoms with Gasteiger partial charge in [0, 0.05) is 34.6 Å². The van der Waals surface area contributed by atoms with E-state index in [0.29, 0.717) is 45.0 Å². The molecule has 5 rings (SSSR count). The topological polar surface area (TPSA) is 132 Å². The summed E-state index contributed by atoms with van der Waals surface area (Å²) in [6.07, 6.45) is 3.24. The van der Waals surface area contributed by atoms with Crippen molar-refractivity contribution in [2.24, 2.45) is 0 Å². The number of phenols is 2. The zero-order valence-corrected chi connectivity index (χ0v) is 21.5. The van der Waals surface area contributed by atoms with E-state index in [4.69, 9.17) is 14.5 Å². The first-order valence-electron chi connectivity index (χ1n) is 12.1. The van der Waals surface area contributed by atoms with Crippen molar-refractivity contribution in [3.63, 3.8) is 0 Å². The number of rotatable bonds is 6. The number of nitrogens with zero attached hydrogens (tertiary/aromatic N) is 3. The Hall–Kier alpha value is -5.57. The first-order chi connectivity index (χ1) is 19.4. The lowest BCUT2D eigenvalue weighted by molar-refractivity contribution is 0.0589. The summed E-state index contributed by atoms with van der Waals surface area (Å²) in [5, 5.41) is 21.7. The Morgan fingerprint density at radius 1 is 0.600 bits per heavy atom. The fraction of sp³-hybridized carbons (Fsp3) is 0.0645. The largest absolute Gasteiger partial charge is 0.507 e. The molecule has 3 aromatic heterocycles. The fourth-order valence-corrected chi connectivity index (χ4v) is 4.39. The highest BCUT2D eigenvalue weighted by Crippen LogP contribution is 2.38. The van der Waals surface area contributed by atoms with Gasteiger partial charge in [-0.15, -0.1) is 0 Å². The van der Waals surface area contributed by atoms with E-state index >= 15 is 0 Å². The van der Waals surface area contributed by atoms with E-state index in [1.807, 2.05) is 12.1 Å². The number of hydrogen-bond donors (Lipinski definition) is 2. The Labute approximate surface area is 229 Å². The number of ether oxygens (including phenoxy) is 2. The quantitative estimate of drug-likeness (QED) is 0.271. The van der Waals surface area contributed by atoms with Gasteiger partial charge in [0.25, 0.3) is 0 Å². The monoisotopic (exact) mass is 533 g/mol. The predicted octanol–water partition coefficient (Wildman–Crippen LogP) is 5.52. The fourth-order valence-electron chi connectivity index (χ4n) is 4.39. The Balaban J connectivity index is 1.74. The molecule has 0 unspecified atom stereocenters. The van der Waals surface area contributed by atoms with E-state index in [0.717, 1.165) is 0 Å². The van der Waals surface area contributed by atoms with Crippen molar-refractivity contribution in [3.8, 4) is 56.5 Å². The Morgan fingerprint density at radius 3 is 1.40 bits per heavy atom. The number of esters is 2. The zero-order valence-electron chi connectivity index (χ0n) is 21.5. The molecule has 0 aliphatic rings. The maximum atomic E-state index is 12.7. The van der Waals surface area contributed by atoms with Crippen molar-refractivity contribution in [2.45, 2.75) is 0 Å². The van der Waals surface area contributed by atoms with E-state index in [-0.39, 0.29) is 22.6 Å². The van der Waals surface area contributed by atoms with Crippen LogP contribution >= 0.6 is 0 Å². The molecule has 0 bridgehead atoms. The Morgan fingerprint density at radius 2 is 1.02 bits per heavy atom. The smallest absolute Gasteiger partial charge is 0.342 e. The van der Waals surface area contributed by atoms with E-state index < -0.39 is 11.9 Å². The first kappa shape index (κ1) is 26.1. The molecule has 0 fully saturated rings. The second-order valence-corrected chi connectivity index (χ2v) is 8.66. The maximum Gasteiger partial charge on any atom is 0.342 e. The molecule has 0 aliphatic carbocycles. The molecule has 0 saturated heterocycles. The second kappa shape index (κ2) is 11.0. The number of phenolic OH excluding ortho intramolecular Hbond substituents is 2. The van der Waals surface area contributed by atoms with Crippen LogP contribution in [-0.2, 0) is 9.47 Å². The van der Waals surface area contributed by atoms with E-state index in [1.54, 1.807) is 67.0 Å². The molecule has 2 aromatic carbocycles. The van der Waals surface area contributed by atoms with Crippen LogP contribution in [-0.4, -0.2) is 51.3 Å². The van der Waals surface area contributed by atoms with Gasteiger partial charge in [-0.2, -0.15) is 0 Å². The van der Waals surface area contributed by atoms with Gasteiger partial charge in [-0.1, -0.05) is 18.2 Å². The molecule has 2 N–H and O–H groups in total. The SMILES string of the molecule is COC(=O)c1c(O)cc(-c2ccccn2)cc1-c1cccc(-c2cc(-c3ccccn3)cc(O)c2C(=O)OC)n1. The van der Waals surface area contributed by atoms with Crippen LogP contribution in [0.3, 0.4) is 0 Å². The Kier molecular flexibility index (Phi) is 7.19. The van der Waals surface area contributed by atoms with Gasteiger partial charge in [-0.3, -0.25) is 9.97 Å².